The van der Waals surface area contributed by atoms with Crippen molar-refractivity contribution in [2.24, 2.45) is 0 Å². The molecule has 2 N–H and O–H groups in total. The number of hydrogen-bond donors (Lipinski definition) is 1. The molecular formula is C26H20FN3O. The van der Waals surface area contributed by atoms with Gasteiger partial charge in [-0.1, -0.05) is 42.5 Å². The molecule has 0 aliphatic rings. The third-order valence-corrected chi connectivity index (χ3v) is 5.09. The molecule has 0 spiro atoms. The minimum Gasteiger partial charge on any atom is -0.489 e. The highest BCUT2D eigenvalue weighted by molar-refractivity contribution is 5.84. The molecule has 4 nitrogen and oxygen atoms in total. The minimum atomic E-state index is -0.325. The van der Waals surface area contributed by atoms with E-state index < -0.39 is 0 Å². The van der Waals surface area contributed by atoms with Crippen LogP contribution in [0.3, 0.4) is 0 Å². The Balaban J connectivity index is 1.69. The average molecular weight is 409 g/mol. The Morgan fingerprint density at radius 3 is 2.23 bits per heavy atom. The van der Waals surface area contributed by atoms with E-state index in [0.29, 0.717) is 23.4 Å². The molecule has 1 heterocycles. The first-order chi connectivity index (χ1) is 15.1. The van der Waals surface area contributed by atoms with Crippen LogP contribution in [0.2, 0.25) is 0 Å². The lowest BCUT2D eigenvalue weighted by atomic mass is 9.93. The third kappa shape index (κ3) is 4.24. The van der Waals surface area contributed by atoms with Crippen molar-refractivity contribution < 1.29 is 9.13 Å². The van der Waals surface area contributed by atoms with Crippen molar-refractivity contribution in [1.82, 2.24) is 4.98 Å². The van der Waals surface area contributed by atoms with E-state index in [1.165, 1.54) is 12.1 Å². The Morgan fingerprint density at radius 1 is 0.935 bits per heavy atom. The van der Waals surface area contributed by atoms with Gasteiger partial charge in [-0.05, 0) is 60.0 Å². The molecule has 31 heavy (non-hydrogen) atoms. The topological polar surface area (TPSA) is 71.9 Å². The van der Waals surface area contributed by atoms with Crippen molar-refractivity contribution in [3.05, 3.63) is 101 Å². The summed E-state index contributed by atoms with van der Waals surface area (Å²) in [4.78, 5) is 4.42. The van der Waals surface area contributed by atoms with Crippen LogP contribution in [0.25, 0.3) is 22.4 Å². The maximum atomic E-state index is 13.4. The second kappa shape index (κ2) is 8.68. The van der Waals surface area contributed by atoms with E-state index in [1.54, 1.807) is 12.1 Å². The number of rotatable bonds is 5. The maximum Gasteiger partial charge on any atom is 0.142 e. The predicted octanol–water partition coefficient (Wildman–Crippen LogP) is 5.90. The van der Waals surface area contributed by atoms with Crippen molar-refractivity contribution in [3.63, 3.8) is 0 Å². The van der Waals surface area contributed by atoms with Crippen molar-refractivity contribution >= 4 is 5.82 Å². The van der Waals surface area contributed by atoms with Gasteiger partial charge in [-0.2, -0.15) is 5.26 Å². The fourth-order valence-corrected chi connectivity index (χ4v) is 3.52. The number of ether oxygens (including phenoxy) is 1. The second-order valence-corrected chi connectivity index (χ2v) is 7.14. The van der Waals surface area contributed by atoms with E-state index in [2.05, 4.69) is 11.1 Å². The SMILES string of the molecule is Cc1c(-c2ccc(F)cc2)nc(N)c(C#N)c1-c1ccc(OCc2ccccc2)cc1. The van der Waals surface area contributed by atoms with Gasteiger partial charge >= 0.3 is 0 Å². The largest absolute Gasteiger partial charge is 0.489 e. The molecule has 5 heteroatoms. The number of pyridine rings is 1. The van der Waals surface area contributed by atoms with Crippen molar-refractivity contribution in [3.8, 4) is 34.2 Å². The molecule has 4 rings (SSSR count). The van der Waals surface area contributed by atoms with E-state index in [-0.39, 0.29) is 11.6 Å². The zero-order chi connectivity index (χ0) is 21.8. The lowest BCUT2D eigenvalue weighted by molar-refractivity contribution is 0.306. The van der Waals surface area contributed by atoms with Gasteiger partial charge in [0, 0.05) is 11.1 Å². The number of anilines is 1. The van der Waals surface area contributed by atoms with Crippen LogP contribution >= 0.6 is 0 Å². The Kier molecular flexibility index (Phi) is 5.63. The molecule has 0 saturated heterocycles. The average Bonchev–Trinajstić information content (AvgIpc) is 2.80. The Labute approximate surface area is 180 Å². The molecule has 152 valence electrons. The van der Waals surface area contributed by atoms with Gasteiger partial charge in [-0.25, -0.2) is 9.37 Å². The fourth-order valence-electron chi connectivity index (χ4n) is 3.52. The first-order valence-electron chi connectivity index (χ1n) is 9.80. The predicted molar refractivity (Wildman–Crippen MR) is 120 cm³/mol. The Hall–Kier alpha value is -4.17. The highest BCUT2D eigenvalue weighted by Gasteiger charge is 2.18. The van der Waals surface area contributed by atoms with Crippen LogP contribution in [-0.4, -0.2) is 4.98 Å². The fraction of sp³-hybridized carbons (Fsp3) is 0.0769. The molecule has 0 unspecified atom stereocenters. The molecule has 0 radical (unpaired) electrons. The summed E-state index contributed by atoms with van der Waals surface area (Å²) >= 11 is 0. The highest BCUT2D eigenvalue weighted by Crippen LogP contribution is 2.36. The normalized spacial score (nSPS) is 10.5. The lowest BCUT2D eigenvalue weighted by Crippen LogP contribution is -2.03. The number of hydrogen-bond acceptors (Lipinski definition) is 4. The maximum absolute atomic E-state index is 13.4. The number of aromatic nitrogens is 1. The first-order valence-corrected chi connectivity index (χ1v) is 9.80. The Bertz CT molecular complexity index is 1250. The number of nitrogens with two attached hydrogens (primary N) is 1. The lowest BCUT2D eigenvalue weighted by Gasteiger charge is -2.15. The molecule has 0 bridgehead atoms. The van der Waals surface area contributed by atoms with Crippen LogP contribution in [0.15, 0.2) is 78.9 Å². The second-order valence-electron chi connectivity index (χ2n) is 7.14. The van der Waals surface area contributed by atoms with E-state index in [4.69, 9.17) is 10.5 Å². The monoisotopic (exact) mass is 409 g/mol. The van der Waals surface area contributed by atoms with Gasteiger partial charge in [-0.3, -0.25) is 0 Å². The zero-order valence-electron chi connectivity index (χ0n) is 17.0. The number of nitriles is 1. The number of nitrogen functional groups attached to an aromatic ring is 1. The number of halogens is 1. The van der Waals surface area contributed by atoms with Crippen LogP contribution in [-0.2, 0) is 6.61 Å². The molecule has 3 aromatic carbocycles. The van der Waals surface area contributed by atoms with E-state index in [0.717, 1.165) is 28.0 Å². The molecule has 0 atom stereocenters. The van der Waals surface area contributed by atoms with Crippen LogP contribution in [0.1, 0.15) is 16.7 Å². The summed E-state index contributed by atoms with van der Waals surface area (Å²) in [5, 5.41) is 9.70. The summed E-state index contributed by atoms with van der Waals surface area (Å²) in [7, 11) is 0. The summed E-state index contributed by atoms with van der Waals surface area (Å²) in [6.45, 7) is 2.36. The van der Waals surface area contributed by atoms with Gasteiger partial charge < -0.3 is 10.5 Å². The van der Waals surface area contributed by atoms with Crippen molar-refractivity contribution in [1.29, 1.82) is 5.26 Å². The van der Waals surface area contributed by atoms with Crippen LogP contribution in [0.5, 0.6) is 5.75 Å². The van der Waals surface area contributed by atoms with Crippen LogP contribution in [0.4, 0.5) is 10.2 Å². The molecule has 0 aliphatic carbocycles. The van der Waals surface area contributed by atoms with Crippen LogP contribution in [0, 0.1) is 24.1 Å². The summed E-state index contributed by atoms with van der Waals surface area (Å²) in [5.41, 5.74) is 11.2. The summed E-state index contributed by atoms with van der Waals surface area (Å²) < 4.78 is 19.2. The molecule has 4 aromatic rings. The summed E-state index contributed by atoms with van der Waals surface area (Å²) in [6, 6.07) is 25.7. The summed E-state index contributed by atoms with van der Waals surface area (Å²) in [6.07, 6.45) is 0. The summed E-state index contributed by atoms with van der Waals surface area (Å²) in [5.74, 6) is 0.547. The van der Waals surface area contributed by atoms with Crippen molar-refractivity contribution in [2.75, 3.05) is 5.73 Å². The van der Waals surface area contributed by atoms with E-state index in [1.807, 2.05) is 61.5 Å². The van der Waals surface area contributed by atoms with Gasteiger partial charge in [-0.15, -0.1) is 0 Å². The van der Waals surface area contributed by atoms with Gasteiger partial charge in [0.05, 0.1) is 5.69 Å². The Morgan fingerprint density at radius 2 is 1.58 bits per heavy atom. The standard InChI is InChI=1S/C26H20FN3O/c1-17-24(19-9-13-22(14-10-19)31-16-18-5-3-2-4-6-18)23(15-28)26(29)30-25(17)20-7-11-21(27)12-8-20/h2-14H,16H2,1H3,(H2,29,30). The van der Waals surface area contributed by atoms with Gasteiger partial charge in [0.15, 0.2) is 0 Å². The quantitative estimate of drug-likeness (QED) is 0.446. The molecule has 0 saturated carbocycles. The molecule has 0 amide bonds. The van der Waals surface area contributed by atoms with Crippen molar-refractivity contribution in [2.45, 2.75) is 13.5 Å². The zero-order valence-corrected chi connectivity index (χ0v) is 17.0. The highest BCUT2D eigenvalue weighted by atomic mass is 19.1. The minimum absolute atomic E-state index is 0.145. The molecule has 0 aliphatic heterocycles. The van der Waals surface area contributed by atoms with Gasteiger partial charge in [0.25, 0.3) is 0 Å². The molecule has 0 fully saturated rings. The number of benzene rings is 3. The molecule has 1 aromatic heterocycles. The van der Waals surface area contributed by atoms with Gasteiger partial charge in [0.1, 0.15) is 35.6 Å². The van der Waals surface area contributed by atoms with E-state index >= 15 is 0 Å². The van der Waals surface area contributed by atoms with Crippen LogP contribution < -0.4 is 10.5 Å². The third-order valence-electron chi connectivity index (χ3n) is 5.09. The van der Waals surface area contributed by atoms with E-state index in [9.17, 15) is 9.65 Å². The smallest absolute Gasteiger partial charge is 0.142 e. The first kappa shape index (κ1) is 20.1. The molecular weight excluding hydrogens is 389 g/mol. The number of nitrogens with zero attached hydrogens (tertiary/aromatic N) is 2. The van der Waals surface area contributed by atoms with Gasteiger partial charge in [0.2, 0.25) is 0 Å².